The molecule has 1 aromatic heterocycles. The van der Waals surface area contributed by atoms with Gasteiger partial charge in [-0.25, -0.2) is 4.79 Å². The molecule has 0 aliphatic carbocycles. The maximum Gasteiger partial charge on any atom is 0.362 e. The standard InChI is InChI=1S/C21H19N3O6/c1-3-29-21(26)20-18(30-13-15-5-4-6-17(11-15)24(27)28)12-19(25)23(22-20)16-9-7-14(2)8-10-16/h4-12H,3,13H2,1-2H3. The Labute approximate surface area is 171 Å². The fourth-order valence-corrected chi connectivity index (χ4v) is 2.68. The number of nitro benzene ring substituents is 1. The molecule has 154 valence electrons. The fourth-order valence-electron chi connectivity index (χ4n) is 2.68. The molecule has 0 radical (unpaired) electrons. The van der Waals surface area contributed by atoms with Crippen molar-refractivity contribution in [3.05, 3.63) is 91.9 Å². The second-order valence-electron chi connectivity index (χ2n) is 6.38. The Bertz CT molecular complexity index is 1140. The van der Waals surface area contributed by atoms with Crippen LogP contribution in [-0.2, 0) is 11.3 Å². The average molecular weight is 409 g/mol. The van der Waals surface area contributed by atoms with Crippen molar-refractivity contribution < 1.29 is 19.2 Å². The summed E-state index contributed by atoms with van der Waals surface area (Å²) in [4.78, 5) is 35.4. The summed E-state index contributed by atoms with van der Waals surface area (Å²) in [5.74, 6) is -0.805. The van der Waals surface area contributed by atoms with Gasteiger partial charge in [-0.05, 0) is 31.5 Å². The minimum atomic E-state index is -0.743. The number of ether oxygens (including phenoxy) is 2. The van der Waals surface area contributed by atoms with Crippen LogP contribution in [0, 0.1) is 17.0 Å². The maximum absolute atomic E-state index is 12.6. The molecule has 0 aliphatic heterocycles. The van der Waals surface area contributed by atoms with E-state index in [1.54, 1.807) is 25.1 Å². The highest BCUT2D eigenvalue weighted by Gasteiger charge is 2.20. The molecule has 9 heteroatoms. The van der Waals surface area contributed by atoms with E-state index in [9.17, 15) is 19.7 Å². The minimum absolute atomic E-state index is 0.0617. The molecule has 0 aliphatic rings. The molecule has 3 rings (SSSR count). The van der Waals surface area contributed by atoms with Gasteiger partial charge in [0.05, 0.1) is 23.3 Å². The van der Waals surface area contributed by atoms with Crippen LogP contribution < -0.4 is 10.3 Å². The van der Waals surface area contributed by atoms with Crippen LogP contribution in [0.25, 0.3) is 5.69 Å². The third-order valence-corrected chi connectivity index (χ3v) is 4.16. The largest absolute Gasteiger partial charge is 0.486 e. The van der Waals surface area contributed by atoms with Gasteiger partial charge in [0.2, 0.25) is 5.69 Å². The number of non-ortho nitro benzene ring substituents is 1. The predicted octanol–water partition coefficient (Wildman–Crippen LogP) is 3.20. The third-order valence-electron chi connectivity index (χ3n) is 4.16. The minimum Gasteiger partial charge on any atom is -0.486 e. The van der Waals surface area contributed by atoms with Crippen LogP contribution in [0.2, 0.25) is 0 Å². The van der Waals surface area contributed by atoms with Crippen molar-refractivity contribution in [2.75, 3.05) is 6.61 Å². The molecule has 0 atom stereocenters. The fraction of sp³-hybridized carbons (Fsp3) is 0.190. The lowest BCUT2D eigenvalue weighted by molar-refractivity contribution is -0.384. The highest BCUT2D eigenvalue weighted by atomic mass is 16.6. The van der Waals surface area contributed by atoms with Crippen LogP contribution in [0.3, 0.4) is 0 Å². The molecule has 3 aromatic rings. The molecule has 30 heavy (non-hydrogen) atoms. The Morgan fingerprint density at radius 2 is 1.90 bits per heavy atom. The lowest BCUT2D eigenvalue weighted by Gasteiger charge is -2.12. The molecule has 2 aromatic carbocycles. The van der Waals surface area contributed by atoms with Crippen LogP contribution in [0.15, 0.2) is 59.4 Å². The number of benzene rings is 2. The average Bonchev–Trinajstić information content (AvgIpc) is 2.73. The highest BCUT2D eigenvalue weighted by molar-refractivity contribution is 5.90. The number of nitro groups is 1. The van der Waals surface area contributed by atoms with Gasteiger partial charge in [-0.15, -0.1) is 0 Å². The van der Waals surface area contributed by atoms with Gasteiger partial charge in [0.1, 0.15) is 6.61 Å². The molecule has 0 amide bonds. The Hall–Kier alpha value is -4.01. The van der Waals surface area contributed by atoms with Crippen LogP contribution in [0.4, 0.5) is 5.69 Å². The summed E-state index contributed by atoms with van der Waals surface area (Å²) in [7, 11) is 0. The van der Waals surface area contributed by atoms with Gasteiger partial charge in [-0.3, -0.25) is 14.9 Å². The van der Waals surface area contributed by atoms with Gasteiger partial charge in [-0.2, -0.15) is 9.78 Å². The Balaban J connectivity index is 1.96. The van der Waals surface area contributed by atoms with E-state index in [2.05, 4.69) is 5.10 Å². The van der Waals surface area contributed by atoms with E-state index in [-0.39, 0.29) is 30.3 Å². The molecular formula is C21H19N3O6. The van der Waals surface area contributed by atoms with Crippen LogP contribution in [0.1, 0.15) is 28.5 Å². The maximum atomic E-state index is 12.6. The number of aryl methyl sites for hydroxylation is 1. The van der Waals surface area contributed by atoms with E-state index < -0.39 is 16.5 Å². The molecule has 0 N–H and O–H groups in total. The number of esters is 1. The van der Waals surface area contributed by atoms with E-state index in [1.165, 1.54) is 18.2 Å². The van der Waals surface area contributed by atoms with E-state index in [1.807, 2.05) is 19.1 Å². The molecule has 0 fully saturated rings. The number of carbonyl (C=O) groups excluding carboxylic acids is 1. The first-order chi connectivity index (χ1) is 14.4. The molecule has 0 saturated carbocycles. The Morgan fingerprint density at radius 3 is 2.57 bits per heavy atom. The second kappa shape index (κ2) is 8.99. The molecule has 9 nitrogen and oxygen atoms in total. The van der Waals surface area contributed by atoms with Gasteiger partial charge in [-0.1, -0.05) is 29.8 Å². The lowest BCUT2D eigenvalue weighted by atomic mass is 10.2. The SMILES string of the molecule is CCOC(=O)c1nn(-c2ccc(C)cc2)c(=O)cc1OCc1cccc([N+](=O)[O-])c1. The zero-order valence-electron chi connectivity index (χ0n) is 16.4. The molecular weight excluding hydrogens is 390 g/mol. The first-order valence-corrected chi connectivity index (χ1v) is 9.13. The van der Waals surface area contributed by atoms with Crippen LogP contribution in [-0.4, -0.2) is 27.3 Å². The summed E-state index contributed by atoms with van der Waals surface area (Å²) < 4.78 is 11.7. The number of aromatic nitrogens is 2. The normalized spacial score (nSPS) is 10.5. The van der Waals surface area contributed by atoms with Gasteiger partial charge in [0.25, 0.3) is 11.2 Å². The van der Waals surface area contributed by atoms with Gasteiger partial charge >= 0.3 is 5.97 Å². The van der Waals surface area contributed by atoms with Crippen molar-refractivity contribution in [2.24, 2.45) is 0 Å². The van der Waals surface area contributed by atoms with Crippen molar-refractivity contribution in [1.82, 2.24) is 9.78 Å². The van der Waals surface area contributed by atoms with Crippen LogP contribution in [0.5, 0.6) is 5.75 Å². The summed E-state index contributed by atoms with van der Waals surface area (Å²) in [5.41, 5.74) is 1.25. The summed E-state index contributed by atoms with van der Waals surface area (Å²) in [6.45, 7) is 3.59. The molecule has 0 bridgehead atoms. The van der Waals surface area contributed by atoms with E-state index in [0.29, 0.717) is 11.3 Å². The molecule has 0 saturated heterocycles. The number of hydrogen-bond donors (Lipinski definition) is 0. The van der Waals surface area contributed by atoms with Gasteiger partial charge in [0.15, 0.2) is 5.75 Å². The summed E-state index contributed by atoms with van der Waals surface area (Å²) in [6.07, 6.45) is 0. The first kappa shape index (κ1) is 20.7. The van der Waals surface area contributed by atoms with Crippen molar-refractivity contribution in [3.63, 3.8) is 0 Å². The molecule has 0 spiro atoms. The van der Waals surface area contributed by atoms with E-state index in [4.69, 9.17) is 9.47 Å². The topological polar surface area (TPSA) is 114 Å². The number of rotatable bonds is 7. The third kappa shape index (κ3) is 4.69. The summed E-state index contributed by atoms with van der Waals surface area (Å²) in [6, 6.07) is 14.1. The monoisotopic (exact) mass is 409 g/mol. The van der Waals surface area contributed by atoms with Crippen molar-refractivity contribution in [1.29, 1.82) is 0 Å². The Morgan fingerprint density at radius 1 is 1.17 bits per heavy atom. The summed E-state index contributed by atoms with van der Waals surface area (Å²) >= 11 is 0. The van der Waals surface area contributed by atoms with E-state index >= 15 is 0 Å². The number of carbonyl (C=O) groups is 1. The second-order valence-corrected chi connectivity index (χ2v) is 6.38. The number of hydrogen-bond acceptors (Lipinski definition) is 7. The lowest BCUT2D eigenvalue weighted by Crippen LogP contribution is -2.25. The highest BCUT2D eigenvalue weighted by Crippen LogP contribution is 2.20. The van der Waals surface area contributed by atoms with Gasteiger partial charge in [0, 0.05) is 12.1 Å². The predicted molar refractivity (Wildman–Crippen MR) is 108 cm³/mol. The van der Waals surface area contributed by atoms with E-state index in [0.717, 1.165) is 16.3 Å². The van der Waals surface area contributed by atoms with Crippen LogP contribution >= 0.6 is 0 Å². The zero-order chi connectivity index (χ0) is 21.7. The molecule has 1 heterocycles. The quantitative estimate of drug-likeness (QED) is 0.334. The first-order valence-electron chi connectivity index (χ1n) is 9.13. The van der Waals surface area contributed by atoms with Crippen molar-refractivity contribution in [2.45, 2.75) is 20.5 Å². The zero-order valence-corrected chi connectivity index (χ0v) is 16.4. The smallest absolute Gasteiger partial charge is 0.362 e. The molecule has 0 unspecified atom stereocenters. The van der Waals surface area contributed by atoms with Crippen molar-refractivity contribution in [3.8, 4) is 11.4 Å². The number of nitrogens with zero attached hydrogens (tertiary/aromatic N) is 3. The Kier molecular flexibility index (Phi) is 6.21. The van der Waals surface area contributed by atoms with Crippen molar-refractivity contribution >= 4 is 11.7 Å². The van der Waals surface area contributed by atoms with Gasteiger partial charge < -0.3 is 9.47 Å². The summed E-state index contributed by atoms with van der Waals surface area (Å²) in [5, 5.41) is 15.1.